The lowest BCUT2D eigenvalue weighted by Gasteiger charge is -2.23. The summed E-state index contributed by atoms with van der Waals surface area (Å²) >= 11 is 10.7. The Labute approximate surface area is 234 Å². The summed E-state index contributed by atoms with van der Waals surface area (Å²) < 4.78 is 3.08. The third-order valence-corrected chi connectivity index (χ3v) is 7.79. The molecule has 0 unspecified atom stereocenters. The number of anilines is 1. The Morgan fingerprint density at radius 2 is 1.33 bits per heavy atom. The van der Waals surface area contributed by atoms with Gasteiger partial charge in [0.05, 0.1) is 23.0 Å². The largest absolute Gasteiger partial charge is 0.247 e. The van der Waals surface area contributed by atoms with E-state index in [9.17, 15) is 0 Å². The normalized spacial score (nSPS) is 15.4. The van der Waals surface area contributed by atoms with Crippen molar-refractivity contribution in [1.29, 1.82) is 0 Å². The molecule has 0 bridgehead atoms. The molecule has 36 heavy (non-hydrogen) atoms. The first kappa shape index (κ1) is 23.5. The monoisotopic (exact) mass is 660 g/mol. The first-order chi connectivity index (χ1) is 17.5. The highest BCUT2D eigenvalue weighted by atomic mass is 79.9. The molecule has 0 aliphatic carbocycles. The molecule has 7 heteroatoms. The Morgan fingerprint density at radius 3 is 2.06 bits per heavy atom. The van der Waals surface area contributed by atoms with Crippen molar-refractivity contribution in [2.45, 2.75) is 12.5 Å². The molecule has 4 aromatic carbocycles. The van der Waals surface area contributed by atoms with Crippen molar-refractivity contribution >= 4 is 70.4 Å². The van der Waals surface area contributed by atoms with Crippen molar-refractivity contribution in [2.24, 2.45) is 5.10 Å². The average Bonchev–Trinajstić information content (AvgIpc) is 3.35. The predicted octanol–water partition coefficient (Wildman–Crippen LogP) is 8.94. The summed E-state index contributed by atoms with van der Waals surface area (Å²) in [5, 5.41) is 8.06. The molecule has 0 fully saturated rings. The maximum Gasteiger partial charge on any atom is 0.247 e. The van der Waals surface area contributed by atoms with Gasteiger partial charge in [0.15, 0.2) is 0 Å². The minimum absolute atomic E-state index is 0.0201. The molecule has 5 aromatic rings. The van der Waals surface area contributed by atoms with E-state index in [1.54, 1.807) is 0 Å². The molecule has 1 aromatic heterocycles. The number of hydrazone groups is 1. The van der Waals surface area contributed by atoms with E-state index in [4.69, 9.17) is 15.1 Å². The molecule has 176 valence electrons. The topological polar surface area (TPSA) is 41.4 Å². The minimum Gasteiger partial charge on any atom is -0.223 e. The van der Waals surface area contributed by atoms with E-state index < -0.39 is 0 Å². The van der Waals surface area contributed by atoms with Crippen LogP contribution in [0.4, 0.5) is 5.95 Å². The number of rotatable bonds is 4. The molecule has 0 amide bonds. The van der Waals surface area contributed by atoms with Crippen LogP contribution in [-0.4, -0.2) is 15.7 Å². The summed E-state index contributed by atoms with van der Waals surface area (Å²) in [4.78, 5) is 10.1. The van der Waals surface area contributed by atoms with Gasteiger partial charge >= 0.3 is 0 Å². The maximum atomic E-state index is 5.10. The lowest BCUT2D eigenvalue weighted by atomic mass is 9.98. The Balaban J connectivity index is 1.53. The second-order valence-electron chi connectivity index (χ2n) is 8.57. The van der Waals surface area contributed by atoms with Crippen LogP contribution in [0.2, 0.25) is 0 Å². The van der Waals surface area contributed by atoms with Crippen LogP contribution in [0.1, 0.15) is 23.6 Å². The van der Waals surface area contributed by atoms with Crippen LogP contribution in [0, 0.1) is 0 Å². The second-order valence-corrected chi connectivity index (χ2v) is 11.3. The van der Waals surface area contributed by atoms with Gasteiger partial charge in [-0.05, 0) is 53.6 Å². The molecule has 6 rings (SSSR count). The van der Waals surface area contributed by atoms with Gasteiger partial charge in [-0.2, -0.15) is 5.10 Å². The minimum atomic E-state index is -0.0201. The zero-order chi connectivity index (χ0) is 24.6. The maximum absolute atomic E-state index is 5.10. The zero-order valence-electron chi connectivity index (χ0n) is 18.9. The van der Waals surface area contributed by atoms with Gasteiger partial charge in [0.1, 0.15) is 0 Å². The van der Waals surface area contributed by atoms with Crippen molar-refractivity contribution in [3.63, 3.8) is 0 Å². The standard InChI is InChI=1S/C29H19Br3N4/c30-21-10-6-18(7-11-21)26-17-27(19-8-12-22(31)13-9-19)36(35-26)29-33-25-15-14-23(32)16-24(25)28(34-29)20-4-2-1-3-5-20/h1-16,27H,17H2/t27-/m1/s1. The average molecular weight is 663 g/mol. The number of nitrogens with zero attached hydrogens (tertiary/aromatic N) is 4. The lowest BCUT2D eigenvalue weighted by Crippen LogP contribution is -2.21. The Kier molecular flexibility index (Phi) is 6.46. The van der Waals surface area contributed by atoms with E-state index in [1.807, 2.05) is 47.5 Å². The molecule has 4 nitrogen and oxygen atoms in total. The van der Waals surface area contributed by atoms with E-state index in [2.05, 4.69) is 102 Å². The fourth-order valence-corrected chi connectivity index (χ4v) is 5.35. The van der Waals surface area contributed by atoms with Gasteiger partial charge in [0.2, 0.25) is 5.95 Å². The molecule has 0 radical (unpaired) electrons. The van der Waals surface area contributed by atoms with E-state index in [0.717, 1.165) is 58.8 Å². The van der Waals surface area contributed by atoms with Gasteiger partial charge in [-0.3, -0.25) is 0 Å². The molecule has 0 saturated carbocycles. The van der Waals surface area contributed by atoms with Crippen LogP contribution in [0.3, 0.4) is 0 Å². The summed E-state index contributed by atoms with van der Waals surface area (Å²) in [6.07, 6.45) is 0.756. The molecule has 0 spiro atoms. The Morgan fingerprint density at radius 1 is 0.667 bits per heavy atom. The SMILES string of the molecule is Brc1ccc(C2=NN(c3nc(-c4ccccc4)c4cc(Br)ccc4n3)[C@@H](c3ccc(Br)cc3)C2)cc1. The third kappa shape index (κ3) is 4.63. The fourth-order valence-electron chi connectivity index (χ4n) is 4.46. The summed E-state index contributed by atoms with van der Waals surface area (Å²) in [5.41, 5.74) is 6.07. The van der Waals surface area contributed by atoms with Crippen LogP contribution in [0.15, 0.2) is 116 Å². The number of fused-ring (bicyclic) bond motifs is 1. The highest BCUT2D eigenvalue weighted by Gasteiger charge is 2.32. The van der Waals surface area contributed by atoms with Gasteiger partial charge in [-0.15, -0.1) is 0 Å². The van der Waals surface area contributed by atoms with Crippen molar-refractivity contribution in [2.75, 3.05) is 5.01 Å². The van der Waals surface area contributed by atoms with Crippen LogP contribution in [-0.2, 0) is 0 Å². The summed E-state index contributed by atoms with van der Waals surface area (Å²) in [6.45, 7) is 0. The zero-order valence-corrected chi connectivity index (χ0v) is 23.7. The van der Waals surface area contributed by atoms with E-state index in [-0.39, 0.29) is 6.04 Å². The highest BCUT2D eigenvalue weighted by Crippen LogP contribution is 2.38. The van der Waals surface area contributed by atoms with Gasteiger partial charge in [-0.25, -0.2) is 15.0 Å². The molecule has 0 N–H and O–H groups in total. The van der Waals surface area contributed by atoms with Crippen LogP contribution in [0.5, 0.6) is 0 Å². The molecular weight excluding hydrogens is 644 g/mol. The van der Waals surface area contributed by atoms with Gasteiger partial charge < -0.3 is 0 Å². The van der Waals surface area contributed by atoms with Crippen molar-refractivity contribution in [3.05, 3.63) is 122 Å². The number of benzene rings is 4. The molecular formula is C29H19Br3N4. The molecule has 1 aliphatic heterocycles. The van der Waals surface area contributed by atoms with Crippen LogP contribution < -0.4 is 5.01 Å². The predicted molar refractivity (Wildman–Crippen MR) is 157 cm³/mol. The first-order valence-electron chi connectivity index (χ1n) is 11.5. The first-order valence-corrected chi connectivity index (χ1v) is 13.8. The molecule has 2 heterocycles. The molecule has 1 atom stereocenters. The number of hydrogen-bond donors (Lipinski definition) is 0. The number of hydrogen-bond acceptors (Lipinski definition) is 4. The van der Waals surface area contributed by atoms with E-state index >= 15 is 0 Å². The molecule has 0 saturated heterocycles. The second kappa shape index (κ2) is 9.88. The third-order valence-electron chi connectivity index (χ3n) is 6.24. The highest BCUT2D eigenvalue weighted by molar-refractivity contribution is 9.11. The van der Waals surface area contributed by atoms with Gasteiger partial charge in [0.25, 0.3) is 0 Å². The van der Waals surface area contributed by atoms with Crippen molar-refractivity contribution < 1.29 is 0 Å². The van der Waals surface area contributed by atoms with Gasteiger partial charge in [0, 0.05) is 30.8 Å². The summed E-state index contributed by atoms with van der Waals surface area (Å²) in [6, 6.07) is 33.0. The Bertz CT molecular complexity index is 1580. The summed E-state index contributed by atoms with van der Waals surface area (Å²) in [7, 11) is 0. The quantitative estimate of drug-likeness (QED) is 0.193. The summed E-state index contributed by atoms with van der Waals surface area (Å²) in [5.74, 6) is 0.587. The number of aromatic nitrogens is 2. The lowest BCUT2D eigenvalue weighted by molar-refractivity contribution is 0.689. The van der Waals surface area contributed by atoms with Crippen molar-refractivity contribution in [1.82, 2.24) is 9.97 Å². The van der Waals surface area contributed by atoms with E-state index in [0.29, 0.717) is 5.95 Å². The Hall–Kier alpha value is -2.87. The van der Waals surface area contributed by atoms with Crippen LogP contribution >= 0.6 is 47.8 Å². The molecule has 1 aliphatic rings. The van der Waals surface area contributed by atoms with Crippen molar-refractivity contribution in [3.8, 4) is 11.3 Å². The smallest absolute Gasteiger partial charge is 0.223 e. The van der Waals surface area contributed by atoms with Crippen LogP contribution in [0.25, 0.3) is 22.2 Å². The van der Waals surface area contributed by atoms with Gasteiger partial charge in [-0.1, -0.05) is 102 Å². The van der Waals surface area contributed by atoms with E-state index in [1.165, 1.54) is 0 Å². The fraction of sp³-hybridized carbons (Fsp3) is 0.0690. The number of halogens is 3.